The number of aromatic carboxylic acids is 1. The van der Waals surface area contributed by atoms with E-state index in [1.54, 1.807) is 0 Å². The van der Waals surface area contributed by atoms with Gasteiger partial charge in [0.2, 0.25) is 0 Å². The molecule has 3 N–H and O–H groups in total. The van der Waals surface area contributed by atoms with Crippen LogP contribution in [0.25, 0.3) is 0 Å². The van der Waals surface area contributed by atoms with Gasteiger partial charge in [-0.05, 0) is 24.8 Å². The second-order valence-corrected chi connectivity index (χ2v) is 4.84. The van der Waals surface area contributed by atoms with Gasteiger partial charge in [-0.3, -0.25) is 10.1 Å². The van der Waals surface area contributed by atoms with Crippen LogP contribution in [-0.2, 0) is 0 Å². The van der Waals surface area contributed by atoms with E-state index < -0.39 is 10.9 Å². The number of rotatable bonds is 9. The van der Waals surface area contributed by atoms with Crippen molar-refractivity contribution in [2.45, 2.75) is 26.2 Å². The third kappa shape index (κ3) is 5.03. The van der Waals surface area contributed by atoms with E-state index in [0.29, 0.717) is 13.0 Å². The van der Waals surface area contributed by atoms with Crippen molar-refractivity contribution in [2.24, 2.45) is 5.92 Å². The molecule has 7 heteroatoms. The molecule has 0 heterocycles. The van der Waals surface area contributed by atoms with Gasteiger partial charge in [0.1, 0.15) is 0 Å². The van der Waals surface area contributed by atoms with E-state index in [9.17, 15) is 14.9 Å². The first kappa shape index (κ1) is 16.9. The zero-order chi connectivity index (χ0) is 15.8. The summed E-state index contributed by atoms with van der Waals surface area (Å²) in [4.78, 5) is 21.4. The van der Waals surface area contributed by atoms with Crippen LogP contribution in [0, 0.1) is 16.0 Å². The number of anilines is 1. The van der Waals surface area contributed by atoms with Crippen molar-refractivity contribution in [1.82, 2.24) is 0 Å². The highest BCUT2D eigenvalue weighted by Crippen LogP contribution is 2.23. The van der Waals surface area contributed by atoms with Crippen LogP contribution in [0.15, 0.2) is 18.2 Å². The first-order valence-corrected chi connectivity index (χ1v) is 6.86. The summed E-state index contributed by atoms with van der Waals surface area (Å²) < 4.78 is 0. The van der Waals surface area contributed by atoms with Crippen LogP contribution in [-0.4, -0.2) is 34.3 Å². The van der Waals surface area contributed by atoms with Crippen molar-refractivity contribution >= 4 is 17.3 Å². The molecule has 0 saturated heterocycles. The van der Waals surface area contributed by atoms with Crippen molar-refractivity contribution < 1.29 is 19.9 Å². The number of carboxylic acid groups (broad SMARTS) is 1. The van der Waals surface area contributed by atoms with Gasteiger partial charge in [0.05, 0.1) is 16.2 Å². The molecule has 1 rings (SSSR count). The standard InChI is InChI=1S/C14H20N2O5/c1-2-3-10(6-7-17)9-15-13-8-11(16(20)21)4-5-12(13)14(18)19/h4-5,8,10,15,17H,2-3,6-7,9H2,1H3,(H,18,19). The molecule has 1 atom stereocenters. The quantitative estimate of drug-likeness (QED) is 0.476. The lowest BCUT2D eigenvalue weighted by molar-refractivity contribution is -0.384. The fourth-order valence-electron chi connectivity index (χ4n) is 2.17. The number of nitro benzene ring substituents is 1. The Kier molecular flexibility index (Phi) is 6.61. The largest absolute Gasteiger partial charge is 0.478 e. The first-order valence-electron chi connectivity index (χ1n) is 6.86. The summed E-state index contributed by atoms with van der Waals surface area (Å²) in [6, 6.07) is 3.63. The van der Waals surface area contributed by atoms with E-state index >= 15 is 0 Å². The van der Waals surface area contributed by atoms with E-state index in [-0.39, 0.29) is 29.5 Å². The van der Waals surface area contributed by atoms with Crippen molar-refractivity contribution in [2.75, 3.05) is 18.5 Å². The van der Waals surface area contributed by atoms with Crippen LogP contribution < -0.4 is 5.32 Å². The number of nitrogens with one attached hydrogen (secondary N) is 1. The minimum atomic E-state index is -1.14. The minimum absolute atomic E-state index is 0.000142. The van der Waals surface area contributed by atoms with E-state index in [2.05, 4.69) is 5.32 Å². The zero-order valence-electron chi connectivity index (χ0n) is 11.9. The Balaban J connectivity index is 2.90. The van der Waals surface area contributed by atoms with Crippen LogP contribution in [0.1, 0.15) is 36.5 Å². The molecule has 1 aromatic rings. The van der Waals surface area contributed by atoms with E-state index in [0.717, 1.165) is 12.8 Å². The maximum Gasteiger partial charge on any atom is 0.337 e. The predicted octanol–water partition coefficient (Wildman–Crippen LogP) is 2.50. The lowest BCUT2D eigenvalue weighted by Gasteiger charge is -2.17. The Morgan fingerprint density at radius 2 is 2.14 bits per heavy atom. The molecule has 1 aromatic carbocycles. The second kappa shape index (κ2) is 8.21. The SMILES string of the molecule is CCCC(CCO)CNc1cc([N+](=O)[O-])ccc1C(=O)O. The van der Waals surface area contributed by atoms with Crippen LogP contribution >= 0.6 is 0 Å². The van der Waals surface area contributed by atoms with Gasteiger partial charge >= 0.3 is 5.97 Å². The molecule has 0 aliphatic carbocycles. The molecular weight excluding hydrogens is 276 g/mol. The van der Waals surface area contributed by atoms with Crippen molar-refractivity contribution in [3.05, 3.63) is 33.9 Å². The van der Waals surface area contributed by atoms with Gasteiger partial charge in [0.15, 0.2) is 0 Å². The maximum atomic E-state index is 11.1. The number of nitro groups is 1. The number of carbonyl (C=O) groups is 1. The average Bonchev–Trinajstić information content (AvgIpc) is 2.44. The smallest absolute Gasteiger partial charge is 0.337 e. The molecule has 0 amide bonds. The Morgan fingerprint density at radius 3 is 2.67 bits per heavy atom. The van der Waals surface area contributed by atoms with E-state index in [1.165, 1.54) is 18.2 Å². The number of aliphatic hydroxyl groups excluding tert-OH is 1. The average molecular weight is 296 g/mol. The van der Waals surface area contributed by atoms with Gasteiger partial charge in [-0.15, -0.1) is 0 Å². The lowest BCUT2D eigenvalue weighted by Crippen LogP contribution is -2.17. The monoisotopic (exact) mass is 296 g/mol. The van der Waals surface area contributed by atoms with Gasteiger partial charge in [0, 0.05) is 25.3 Å². The first-order chi connectivity index (χ1) is 9.99. The normalized spacial score (nSPS) is 11.9. The molecular formula is C14H20N2O5. The molecule has 0 aliphatic heterocycles. The molecule has 0 aromatic heterocycles. The predicted molar refractivity (Wildman–Crippen MR) is 78.6 cm³/mol. The van der Waals surface area contributed by atoms with Crippen LogP contribution in [0.5, 0.6) is 0 Å². The molecule has 0 fully saturated rings. The number of hydrogen-bond acceptors (Lipinski definition) is 5. The van der Waals surface area contributed by atoms with Gasteiger partial charge in [0.25, 0.3) is 5.69 Å². The minimum Gasteiger partial charge on any atom is -0.478 e. The van der Waals surface area contributed by atoms with Crippen LogP contribution in [0.3, 0.4) is 0 Å². The molecule has 0 saturated carbocycles. The molecule has 116 valence electrons. The Morgan fingerprint density at radius 1 is 1.43 bits per heavy atom. The van der Waals surface area contributed by atoms with E-state index in [4.69, 9.17) is 10.2 Å². The number of nitrogens with zero attached hydrogens (tertiary/aromatic N) is 1. The molecule has 0 aliphatic rings. The summed E-state index contributed by atoms with van der Waals surface area (Å²) in [6.45, 7) is 2.56. The highest BCUT2D eigenvalue weighted by Gasteiger charge is 2.16. The number of hydrogen-bond donors (Lipinski definition) is 3. The van der Waals surface area contributed by atoms with Gasteiger partial charge in [-0.1, -0.05) is 13.3 Å². The zero-order valence-corrected chi connectivity index (χ0v) is 11.9. The molecule has 7 nitrogen and oxygen atoms in total. The molecule has 0 bridgehead atoms. The number of non-ortho nitro benzene ring substituents is 1. The van der Waals surface area contributed by atoms with Gasteiger partial charge < -0.3 is 15.5 Å². The maximum absolute atomic E-state index is 11.1. The van der Waals surface area contributed by atoms with E-state index in [1.807, 2.05) is 6.92 Å². The molecule has 0 spiro atoms. The Hall–Kier alpha value is -2.15. The van der Waals surface area contributed by atoms with Gasteiger partial charge in [-0.25, -0.2) is 4.79 Å². The second-order valence-electron chi connectivity index (χ2n) is 4.84. The summed E-state index contributed by atoms with van der Waals surface area (Å²) in [5, 5.41) is 31.9. The molecule has 1 unspecified atom stereocenters. The third-order valence-corrected chi connectivity index (χ3v) is 3.26. The summed E-state index contributed by atoms with van der Waals surface area (Å²) >= 11 is 0. The topological polar surface area (TPSA) is 113 Å². The van der Waals surface area contributed by atoms with Gasteiger partial charge in [-0.2, -0.15) is 0 Å². The highest BCUT2D eigenvalue weighted by molar-refractivity contribution is 5.94. The Labute approximate surface area is 122 Å². The number of aliphatic hydroxyl groups is 1. The fourth-order valence-corrected chi connectivity index (χ4v) is 2.17. The van der Waals surface area contributed by atoms with Crippen LogP contribution in [0.4, 0.5) is 11.4 Å². The highest BCUT2D eigenvalue weighted by atomic mass is 16.6. The summed E-state index contributed by atoms with van der Waals surface area (Å²) in [5.41, 5.74) is 0.0762. The van der Waals surface area contributed by atoms with Crippen LogP contribution in [0.2, 0.25) is 0 Å². The molecule has 21 heavy (non-hydrogen) atoms. The van der Waals surface area contributed by atoms with Crippen molar-refractivity contribution in [1.29, 1.82) is 0 Å². The fraction of sp³-hybridized carbons (Fsp3) is 0.500. The number of carboxylic acids is 1. The van der Waals surface area contributed by atoms with Crippen molar-refractivity contribution in [3.8, 4) is 0 Å². The summed E-state index contributed by atoms with van der Waals surface area (Å²) in [6.07, 6.45) is 2.45. The number of benzene rings is 1. The summed E-state index contributed by atoms with van der Waals surface area (Å²) in [7, 11) is 0. The Bertz CT molecular complexity index is 498. The van der Waals surface area contributed by atoms with Crippen molar-refractivity contribution in [3.63, 3.8) is 0 Å². The third-order valence-electron chi connectivity index (χ3n) is 3.26. The lowest BCUT2D eigenvalue weighted by atomic mass is 10.00. The summed E-state index contributed by atoms with van der Waals surface area (Å²) in [5.74, 6) is -0.942. The molecule has 0 radical (unpaired) electrons.